The van der Waals surface area contributed by atoms with Crippen LogP contribution in [0.1, 0.15) is 24.2 Å². The van der Waals surface area contributed by atoms with E-state index in [2.05, 4.69) is 10.0 Å². The first-order valence-corrected chi connectivity index (χ1v) is 12.1. The van der Waals surface area contributed by atoms with Gasteiger partial charge >= 0.3 is 0 Å². The number of thiophene rings is 1. The molecule has 2 aromatic rings. The number of likely N-dealkylation sites (N-methyl/N-ethyl adjacent to an activating group) is 1. The van der Waals surface area contributed by atoms with Crippen LogP contribution < -0.4 is 14.8 Å². The average Bonchev–Trinajstić information content (AvgIpc) is 3.26. The highest BCUT2D eigenvalue weighted by molar-refractivity contribution is 7.94. The van der Waals surface area contributed by atoms with Gasteiger partial charge in [-0.05, 0) is 37.6 Å². The van der Waals surface area contributed by atoms with Crippen molar-refractivity contribution >= 4 is 33.0 Å². The maximum Gasteiger partial charge on any atom is 0.271 e. The first-order chi connectivity index (χ1) is 14.3. The number of fused-ring (bicyclic) bond motifs is 1. The van der Waals surface area contributed by atoms with Crippen LogP contribution in [0.2, 0.25) is 0 Å². The number of para-hydroxylation sites is 1. The highest BCUT2D eigenvalue weighted by Crippen LogP contribution is 2.36. The van der Waals surface area contributed by atoms with Crippen molar-refractivity contribution in [2.24, 2.45) is 5.92 Å². The number of sulfonamides is 1. The van der Waals surface area contributed by atoms with Crippen molar-refractivity contribution in [1.82, 2.24) is 10.2 Å². The lowest BCUT2D eigenvalue weighted by atomic mass is 9.99. The Labute approximate surface area is 180 Å². The Balaban J connectivity index is 2.08. The number of hydrogen-bond donors (Lipinski definition) is 3. The third kappa shape index (κ3) is 4.61. The number of anilines is 1. The van der Waals surface area contributed by atoms with Crippen LogP contribution in [0.15, 0.2) is 39.9 Å². The molecule has 1 aliphatic rings. The number of carbonyl (C=O) groups excluding carboxylic acids is 1. The fraction of sp³-hybridized carbons (Fsp3) is 0.450. The Kier molecular flexibility index (Phi) is 7.02. The van der Waals surface area contributed by atoms with Gasteiger partial charge in [0.15, 0.2) is 5.75 Å². The van der Waals surface area contributed by atoms with E-state index in [1.807, 2.05) is 6.92 Å². The third-order valence-corrected chi connectivity index (χ3v) is 7.86. The minimum atomic E-state index is -3.81. The molecule has 0 bridgehead atoms. The number of amides is 1. The second-order valence-corrected chi connectivity index (χ2v) is 10.3. The van der Waals surface area contributed by atoms with Crippen molar-refractivity contribution in [3.05, 3.63) is 41.3 Å². The van der Waals surface area contributed by atoms with Gasteiger partial charge in [0.1, 0.15) is 10.3 Å². The number of nitrogens with zero attached hydrogens (tertiary/aromatic N) is 1. The van der Waals surface area contributed by atoms with Gasteiger partial charge in [-0.25, -0.2) is 8.42 Å². The summed E-state index contributed by atoms with van der Waals surface area (Å²) >= 11 is 1.11. The molecule has 1 amide bonds. The second kappa shape index (κ2) is 9.34. The van der Waals surface area contributed by atoms with Gasteiger partial charge in [-0.3, -0.25) is 9.52 Å². The minimum Gasteiger partial charge on any atom is -0.486 e. The molecule has 3 N–H and O–H groups in total. The van der Waals surface area contributed by atoms with Crippen molar-refractivity contribution in [3.8, 4) is 5.75 Å². The third-order valence-electron chi connectivity index (χ3n) is 5.10. The molecule has 1 aliphatic heterocycles. The van der Waals surface area contributed by atoms with Crippen LogP contribution in [0, 0.1) is 5.92 Å². The Morgan fingerprint density at radius 3 is 2.73 bits per heavy atom. The largest absolute Gasteiger partial charge is 0.486 e. The molecule has 0 aliphatic carbocycles. The number of ether oxygens (including phenoxy) is 1. The number of aliphatic hydroxyl groups is 1. The van der Waals surface area contributed by atoms with E-state index in [0.717, 1.165) is 11.3 Å². The SMILES string of the molecule is CNC[C@@H]1Oc2c(NS(=O)(=O)c3cccs3)cccc2C(=O)N([C@@H](C)CO)C[C@@H]1C. The zero-order valence-electron chi connectivity index (χ0n) is 17.2. The summed E-state index contributed by atoms with van der Waals surface area (Å²) < 4.78 is 34.5. The summed E-state index contributed by atoms with van der Waals surface area (Å²) in [6.45, 7) is 4.51. The molecule has 3 rings (SSSR count). The topological polar surface area (TPSA) is 108 Å². The van der Waals surface area contributed by atoms with Gasteiger partial charge in [-0.15, -0.1) is 11.3 Å². The van der Waals surface area contributed by atoms with Crippen LogP contribution in [-0.2, 0) is 10.0 Å². The number of nitrogens with one attached hydrogen (secondary N) is 2. The minimum absolute atomic E-state index is 0.0505. The number of benzene rings is 1. The molecule has 1 aromatic heterocycles. The summed E-state index contributed by atoms with van der Waals surface area (Å²) in [7, 11) is -2.01. The molecular formula is C20H27N3O5S2. The van der Waals surface area contributed by atoms with Gasteiger partial charge < -0.3 is 20.1 Å². The lowest BCUT2D eigenvalue weighted by Crippen LogP contribution is -2.49. The van der Waals surface area contributed by atoms with E-state index in [-0.39, 0.29) is 51.8 Å². The predicted molar refractivity (Wildman–Crippen MR) is 117 cm³/mol. The number of rotatable bonds is 7. The zero-order valence-corrected chi connectivity index (χ0v) is 18.8. The van der Waals surface area contributed by atoms with E-state index in [4.69, 9.17) is 4.74 Å². The van der Waals surface area contributed by atoms with Crippen LogP contribution in [0.25, 0.3) is 0 Å². The van der Waals surface area contributed by atoms with E-state index in [1.165, 1.54) is 6.07 Å². The molecular weight excluding hydrogens is 426 g/mol. The Bertz CT molecular complexity index is 978. The lowest BCUT2D eigenvalue weighted by Gasteiger charge is -2.37. The summed E-state index contributed by atoms with van der Waals surface area (Å²) in [5.74, 6) is -0.159. The quantitative estimate of drug-likeness (QED) is 0.592. The molecule has 3 atom stereocenters. The fourth-order valence-electron chi connectivity index (χ4n) is 3.38. The molecule has 0 fully saturated rings. The van der Waals surface area contributed by atoms with Gasteiger partial charge in [0, 0.05) is 19.0 Å². The van der Waals surface area contributed by atoms with E-state index < -0.39 is 10.0 Å². The Hall–Kier alpha value is -2.14. The van der Waals surface area contributed by atoms with Gasteiger partial charge in [-0.1, -0.05) is 19.1 Å². The van der Waals surface area contributed by atoms with Gasteiger partial charge in [0.25, 0.3) is 15.9 Å². The summed E-state index contributed by atoms with van der Waals surface area (Å²) in [6.07, 6.45) is -0.303. The molecule has 0 radical (unpaired) electrons. The number of hydrogen-bond acceptors (Lipinski definition) is 7. The van der Waals surface area contributed by atoms with Gasteiger partial charge in [-0.2, -0.15) is 0 Å². The van der Waals surface area contributed by atoms with E-state index in [9.17, 15) is 18.3 Å². The van der Waals surface area contributed by atoms with Crippen molar-refractivity contribution in [2.45, 2.75) is 30.2 Å². The molecule has 10 heteroatoms. The van der Waals surface area contributed by atoms with Crippen molar-refractivity contribution in [1.29, 1.82) is 0 Å². The fourth-order valence-corrected chi connectivity index (χ4v) is 5.44. The van der Waals surface area contributed by atoms with Crippen LogP contribution in [-0.4, -0.2) is 63.2 Å². The Morgan fingerprint density at radius 1 is 1.33 bits per heavy atom. The van der Waals surface area contributed by atoms with Crippen molar-refractivity contribution in [3.63, 3.8) is 0 Å². The summed E-state index contributed by atoms with van der Waals surface area (Å²) in [6, 6.07) is 7.61. The van der Waals surface area contributed by atoms with Gasteiger partial charge in [0.2, 0.25) is 0 Å². The van der Waals surface area contributed by atoms with Crippen LogP contribution in [0.5, 0.6) is 5.75 Å². The van der Waals surface area contributed by atoms with E-state index >= 15 is 0 Å². The molecule has 164 valence electrons. The maximum absolute atomic E-state index is 13.3. The highest BCUT2D eigenvalue weighted by atomic mass is 32.2. The first kappa shape index (κ1) is 22.5. The molecule has 1 aromatic carbocycles. The predicted octanol–water partition coefficient (Wildman–Crippen LogP) is 1.99. The highest BCUT2D eigenvalue weighted by Gasteiger charge is 2.34. The summed E-state index contributed by atoms with van der Waals surface area (Å²) in [5, 5.41) is 14.4. The average molecular weight is 454 g/mol. The van der Waals surface area contributed by atoms with Crippen LogP contribution in [0.3, 0.4) is 0 Å². The maximum atomic E-state index is 13.3. The molecule has 8 nitrogen and oxygen atoms in total. The summed E-state index contributed by atoms with van der Waals surface area (Å²) in [4.78, 5) is 14.9. The first-order valence-electron chi connectivity index (χ1n) is 9.71. The normalized spacial score (nSPS) is 20.7. The van der Waals surface area contributed by atoms with Crippen LogP contribution >= 0.6 is 11.3 Å². The number of carbonyl (C=O) groups is 1. The van der Waals surface area contributed by atoms with E-state index in [0.29, 0.717) is 13.1 Å². The smallest absolute Gasteiger partial charge is 0.271 e. The van der Waals surface area contributed by atoms with Crippen molar-refractivity contribution in [2.75, 3.05) is 31.5 Å². The number of aliphatic hydroxyl groups excluding tert-OH is 1. The van der Waals surface area contributed by atoms with E-state index in [1.54, 1.807) is 48.5 Å². The molecule has 2 heterocycles. The van der Waals surface area contributed by atoms with Crippen LogP contribution in [0.4, 0.5) is 5.69 Å². The zero-order chi connectivity index (χ0) is 21.9. The molecule has 0 unspecified atom stereocenters. The molecule has 0 saturated carbocycles. The molecule has 30 heavy (non-hydrogen) atoms. The van der Waals surface area contributed by atoms with Crippen molar-refractivity contribution < 1.29 is 23.1 Å². The second-order valence-electron chi connectivity index (χ2n) is 7.40. The molecule has 0 saturated heterocycles. The monoisotopic (exact) mass is 453 g/mol. The Morgan fingerprint density at radius 2 is 2.10 bits per heavy atom. The lowest BCUT2D eigenvalue weighted by molar-refractivity contribution is 0.0417. The summed E-state index contributed by atoms with van der Waals surface area (Å²) in [5.41, 5.74) is 0.468. The standard InChI is InChI=1S/C20H27N3O5S2/c1-13-11-23(14(2)12-24)20(25)15-6-4-7-16(19(15)28-17(13)10-21-3)22-30(26,27)18-8-5-9-29-18/h4-9,13-14,17,21-22,24H,10-12H2,1-3H3/t13-,14-,17-/m0/s1. The molecule has 0 spiro atoms. The van der Waals surface area contributed by atoms with Gasteiger partial charge in [0.05, 0.1) is 23.9 Å².